The van der Waals surface area contributed by atoms with Crippen molar-refractivity contribution in [2.24, 2.45) is 5.92 Å². The molecule has 1 spiro atoms. The Hall–Kier alpha value is -0.120. The number of morpholine rings is 1. The number of rotatable bonds is 3. The van der Waals surface area contributed by atoms with Crippen molar-refractivity contribution in [2.75, 3.05) is 26.9 Å². The van der Waals surface area contributed by atoms with E-state index in [9.17, 15) is 0 Å². The molecule has 1 aliphatic heterocycles. The van der Waals surface area contributed by atoms with Crippen molar-refractivity contribution in [1.29, 1.82) is 0 Å². The van der Waals surface area contributed by atoms with Gasteiger partial charge in [-0.25, -0.2) is 0 Å². The molecule has 1 aliphatic carbocycles. The molecule has 0 aromatic rings. The van der Waals surface area contributed by atoms with Gasteiger partial charge in [-0.1, -0.05) is 13.3 Å². The Balaban J connectivity index is 1.98. The largest absolute Gasteiger partial charge is 0.383 e. The lowest BCUT2D eigenvalue weighted by Crippen LogP contribution is -2.61. The average molecular weight is 227 g/mol. The second-order valence-corrected chi connectivity index (χ2v) is 5.23. The summed E-state index contributed by atoms with van der Waals surface area (Å²) >= 11 is 0. The Morgan fingerprint density at radius 3 is 2.75 bits per heavy atom. The lowest BCUT2D eigenvalue weighted by molar-refractivity contribution is -0.135. The van der Waals surface area contributed by atoms with E-state index in [-0.39, 0.29) is 5.60 Å². The lowest BCUT2D eigenvalue weighted by atomic mass is 9.73. The van der Waals surface area contributed by atoms with Gasteiger partial charge in [0.2, 0.25) is 0 Å². The van der Waals surface area contributed by atoms with Crippen LogP contribution in [0.2, 0.25) is 0 Å². The third kappa shape index (κ3) is 2.41. The molecule has 1 unspecified atom stereocenters. The van der Waals surface area contributed by atoms with Crippen molar-refractivity contribution < 1.29 is 9.47 Å². The summed E-state index contributed by atoms with van der Waals surface area (Å²) < 4.78 is 11.4. The number of ether oxygens (including phenoxy) is 2. The van der Waals surface area contributed by atoms with Crippen molar-refractivity contribution in [3.8, 4) is 0 Å². The van der Waals surface area contributed by atoms with Gasteiger partial charge in [0.25, 0.3) is 0 Å². The molecule has 0 bridgehead atoms. The highest BCUT2D eigenvalue weighted by atomic mass is 16.5. The number of nitrogens with one attached hydrogen (secondary N) is 1. The van der Waals surface area contributed by atoms with Gasteiger partial charge in [0, 0.05) is 13.7 Å². The summed E-state index contributed by atoms with van der Waals surface area (Å²) in [7, 11) is 1.78. The predicted molar refractivity (Wildman–Crippen MR) is 64.6 cm³/mol. The first-order valence-corrected chi connectivity index (χ1v) is 6.67. The minimum atomic E-state index is 0.0694. The molecule has 1 saturated heterocycles. The molecule has 1 heterocycles. The van der Waals surface area contributed by atoms with Crippen LogP contribution in [-0.2, 0) is 9.47 Å². The van der Waals surface area contributed by atoms with E-state index >= 15 is 0 Å². The van der Waals surface area contributed by atoms with Crippen LogP contribution in [0.1, 0.15) is 39.0 Å². The van der Waals surface area contributed by atoms with Crippen LogP contribution >= 0.6 is 0 Å². The van der Waals surface area contributed by atoms with Gasteiger partial charge in [0.05, 0.1) is 24.9 Å². The fourth-order valence-electron chi connectivity index (χ4n) is 3.22. The third-order valence-corrected chi connectivity index (χ3v) is 4.38. The molecular weight excluding hydrogens is 202 g/mol. The Morgan fingerprint density at radius 1 is 1.38 bits per heavy atom. The van der Waals surface area contributed by atoms with Crippen LogP contribution in [0.25, 0.3) is 0 Å². The fraction of sp³-hybridized carbons (Fsp3) is 1.00. The van der Waals surface area contributed by atoms with E-state index in [0.717, 1.165) is 25.7 Å². The van der Waals surface area contributed by atoms with Crippen molar-refractivity contribution in [3.63, 3.8) is 0 Å². The smallest absolute Gasteiger partial charge is 0.0858 e. The monoisotopic (exact) mass is 227 g/mol. The zero-order valence-corrected chi connectivity index (χ0v) is 10.6. The van der Waals surface area contributed by atoms with Crippen LogP contribution in [0.15, 0.2) is 0 Å². The maximum absolute atomic E-state index is 6.12. The van der Waals surface area contributed by atoms with Crippen molar-refractivity contribution in [1.82, 2.24) is 5.32 Å². The summed E-state index contributed by atoms with van der Waals surface area (Å²) in [5, 5.41) is 3.56. The molecule has 94 valence electrons. The molecule has 2 fully saturated rings. The first kappa shape index (κ1) is 12.3. The van der Waals surface area contributed by atoms with Crippen molar-refractivity contribution in [2.45, 2.75) is 50.7 Å². The quantitative estimate of drug-likeness (QED) is 0.799. The first-order chi connectivity index (χ1) is 7.80. The zero-order chi connectivity index (χ0) is 11.4. The van der Waals surface area contributed by atoms with Gasteiger partial charge in [0.1, 0.15) is 0 Å². The summed E-state index contributed by atoms with van der Waals surface area (Å²) in [6, 6.07) is 0.393. The Labute approximate surface area is 98.9 Å². The standard InChI is InChI=1S/C13H25NO2/c1-3-11-4-6-13(7-5-11)12(10-15-2)14-8-9-16-13/h11-12,14H,3-10H2,1-2H3. The highest BCUT2D eigenvalue weighted by Crippen LogP contribution is 2.39. The Kier molecular flexibility index (Phi) is 4.22. The maximum Gasteiger partial charge on any atom is 0.0858 e. The summed E-state index contributed by atoms with van der Waals surface area (Å²) in [5.41, 5.74) is 0.0694. The molecule has 3 heteroatoms. The van der Waals surface area contributed by atoms with Gasteiger partial charge < -0.3 is 14.8 Å². The van der Waals surface area contributed by atoms with E-state index in [4.69, 9.17) is 9.47 Å². The predicted octanol–water partition coefficient (Wildman–Crippen LogP) is 1.96. The third-order valence-electron chi connectivity index (χ3n) is 4.38. The molecule has 0 amide bonds. The van der Waals surface area contributed by atoms with Crippen LogP contribution in [0.4, 0.5) is 0 Å². The van der Waals surface area contributed by atoms with Gasteiger partial charge in [-0.3, -0.25) is 0 Å². The number of hydrogen-bond acceptors (Lipinski definition) is 3. The molecule has 1 N–H and O–H groups in total. The summed E-state index contributed by atoms with van der Waals surface area (Å²) in [6.07, 6.45) is 6.36. The molecular formula is C13H25NO2. The van der Waals surface area contributed by atoms with Gasteiger partial charge >= 0.3 is 0 Å². The van der Waals surface area contributed by atoms with Gasteiger partial charge in [-0.2, -0.15) is 0 Å². The van der Waals surface area contributed by atoms with E-state index < -0.39 is 0 Å². The van der Waals surface area contributed by atoms with Crippen molar-refractivity contribution >= 4 is 0 Å². The molecule has 0 aromatic heterocycles. The SMILES string of the molecule is CCC1CCC2(CC1)OCCNC2COC. The molecule has 0 radical (unpaired) electrons. The lowest BCUT2D eigenvalue weighted by Gasteiger charge is -2.48. The normalized spacial score (nSPS) is 40.1. The molecule has 1 atom stereocenters. The van der Waals surface area contributed by atoms with E-state index in [1.54, 1.807) is 7.11 Å². The van der Waals surface area contributed by atoms with Crippen LogP contribution in [0, 0.1) is 5.92 Å². The van der Waals surface area contributed by atoms with Crippen LogP contribution < -0.4 is 5.32 Å². The first-order valence-electron chi connectivity index (χ1n) is 6.67. The Morgan fingerprint density at radius 2 is 2.12 bits per heavy atom. The summed E-state index contributed by atoms with van der Waals surface area (Å²) in [5.74, 6) is 0.916. The van der Waals surface area contributed by atoms with E-state index in [1.165, 1.54) is 32.1 Å². The van der Waals surface area contributed by atoms with Crippen LogP contribution in [0.3, 0.4) is 0 Å². The second-order valence-electron chi connectivity index (χ2n) is 5.23. The number of methoxy groups -OCH3 is 1. The molecule has 2 aliphatic rings. The summed E-state index contributed by atoms with van der Waals surface area (Å²) in [6.45, 7) is 4.90. The molecule has 3 nitrogen and oxygen atoms in total. The highest BCUT2D eigenvalue weighted by Gasteiger charge is 2.44. The fourth-order valence-corrected chi connectivity index (χ4v) is 3.22. The number of hydrogen-bond donors (Lipinski definition) is 1. The molecule has 1 saturated carbocycles. The van der Waals surface area contributed by atoms with Crippen molar-refractivity contribution in [3.05, 3.63) is 0 Å². The minimum Gasteiger partial charge on any atom is -0.383 e. The zero-order valence-electron chi connectivity index (χ0n) is 10.6. The second kappa shape index (κ2) is 5.48. The Bertz CT molecular complexity index is 210. The highest BCUT2D eigenvalue weighted by molar-refractivity contribution is 4.98. The molecule has 2 rings (SSSR count). The van der Waals surface area contributed by atoms with Crippen LogP contribution in [0.5, 0.6) is 0 Å². The summed E-state index contributed by atoms with van der Waals surface area (Å²) in [4.78, 5) is 0. The van der Waals surface area contributed by atoms with Gasteiger partial charge in [-0.15, -0.1) is 0 Å². The molecule has 0 aromatic carbocycles. The average Bonchev–Trinajstić information content (AvgIpc) is 2.34. The van der Waals surface area contributed by atoms with Gasteiger partial charge in [-0.05, 0) is 31.6 Å². The van der Waals surface area contributed by atoms with E-state index in [1.807, 2.05) is 0 Å². The van der Waals surface area contributed by atoms with Gasteiger partial charge in [0.15, 0.2) is 0 Å². The topological polar surface area (TPSA) is 30.5 Å². The minimum absolute atomic E-state index is 0.0694. The van der Waals surface area contributed by atoms with E-state index in [0.29, 0.717) is 6.04 Å². The maximum atomic E-state index is 6.12. The van der Waals surface area contributed by atoms with Crippen LogP contribution in [-0.4, -0.2) is 38.5 Å². The van der Waals surface area contributed by atoms with E-state index in [2.05, 4.69) is 12.2 Å². The molecule has 16 heavy (non-hydrogen) atoms.